The normalized spacial score (nSPS) is 22.2. The zero-order valence-electron chi connectivity index (χ0n) is 11.5. The van der Waals surface area contributed by atoms with Crippen LogP contribution in [0, 0.1) is 12.8 Å². The van der Waals surface area contributed by atoms with Gasteiger partial charge < -0.3 is 20.2 Å². The maximum atomic E-state index is 11.7. The summed E-state index contributed by atoms with van der Waals surface area (Å²) >= 11 is 0. The fourth-order valence-electron chi connectivity index (χ4n) is 2.47. The topological polar surface area (TPSA) is 91.6 Å². The van der Waals surface area contributed by atoms with Crippen molar-refractivity contribution in [3.63, 3.8) is 0 Å². The lowest BCUT2D eigenvalue weighted by Crippen LogP contribution is -2.43. The van der Waals surface area contributed by atoms with Crippen molar-refractivity contribution in [3.05, 3.63) is 23.7 Å². The molecule has 0 aromatic carbocycles. The molecule has 0 bridgehead atoms. The molecular weight excluding hydrogens is 260 g/mol. The Morgan fingerprint density at radius 3 is 2.55 bits per heavy atom. The second-order valence-corrected chi connectivity index (χ2v) is 5.23. The summed E-state index contributed by atoms with van der Waals surface area (Å²) in [5, 5.41) is 14.5. The lowest BCUT2D eigenvalue weighted by atomic mass is 9.86. The third-order valence-corrected chi connectivity index (χ3v) is 3.63. The summed E-state index contributed by atoms with van der Waals surface area (Å²) < 4.78 is 5.36. The number of carboxylic acids is 1. The number of aryl methyl sites for hydroxylation is 1. The molecule has 1 saturated carbocycles. The van der Waals surface area contributed by atoms with E-state index in [2.05, 4.69) is 10.6 Å². The molecule has 1 aromatic rings. The van der Waals surface area contributed by atoms with Crippen molar-refractivity contribution < 1.29 is 19.1 Å². The predicted octanol–water partition coefficient (Wildman–Crippen LogP) is 2.03. The Morgan fingerprint density at radius 1 is 1.30 bits per heavy atom. The maximum absolute atomic E-state index is 11.7. The molecular formula is C14H20N2O4. The molecule has 0 spiro atoms. The minimum Gasteiger partial charge on any atom is -0.481 e. The van der Waals surface area contributed by atoms with Crippen LogP contribution >= 0.6 is 0 Å². The van der Waals surface area contributed by atoms with Crippen molar-refractivity contribution >= 4 is 12.0 Å². The second-order valence-electron chi connectivity index (χ2n) is 5.23. The van der Waals surface area contributed by atoms with Gasteiger partial charge in [-0.15, -0.1) is 0 Å². The smallest absolute Gasteiger partial charge is 0.315 e. The molecule has 110 valence electrons. The van der Waals surface area contributed by atoms with Crippen LogP contribution in [0.15, 0.2) is 16.5 Å². The van der Waals surface area contributed by atoms with Gasteiger partial charge in [-0.25, -0.2) is 4.79 Å². The first-order chi connectivity index (χ1) is 9.54. The van der Waals surface area contributed by atoms with Gasteiger partial charge in [0.25, 0.3) is 0 Å². The largest absolute Gasteiger partial charge is 0.481 e. The maximum Gasteiger partial charge on any atom is 0.315 e. The molecule has 0 atom stereocenters. The van der Waals surface area contributed by atoms with Gasteiger partial charge in [-0.1, -0.05) is 0 Å². The van der Waals surface area contributed by atoms with Crippen LogP contribution in [0.5, 0.6) is 0 Å². The molecule has 3 N–H and O–H groups in total. The van der Waals surface area contributed by atoms with Crippen LogP contribution in [0.3, 0.4) is 0 Å². The van der Waals surface area contributed by atoms with Crippen LogP contribution in [0.25, 0.3) is 0 Å². The number of hydrogen-bond acceptors (Lipinski definition) is 3. The Hall–Kier alpha value is -1.98. The van der Waals surface area contributed by atoms with E-state index in [1.54, 1.807) is 0 Å². The number of urea groups is 1. The van der Waals surface area contributed by atoms with Gasteiger partial charge in [0.15, 0.2) is 0 Å². The van der Waals surface area contributed by atoms with Crippen LogP contribution in [-0.4, -0.2) is 23.1 Å². The van der Waals surface area contributed by atoms with Crippen molar-refractivity contribution in [1.82, 2.24) is 10.6 Å². The van der Waals surface area contributed by atoms with Crippen molar-refractivity contribution in [1.29, 1.82) is 0 Å². The van der Waals surface area contributed by atoms with Gasteiger partial charge in [-0.05, 0) is 44.7 Å². The molecule has 1 heterocycles. The summed E-state index contributed by atoms with van der Waals surface area (Å²) in [5.41, 5.74) is 0. The van der Waals surface area contributed by atoms with Crippen LogP contribution in [0.1, 0.15) is 37.2 Å². The number of rotatable bonds is 4. The lowest BCUT2D eigenvalue weighted by molar-refractivity contribution is -0.142. The summed E-state index contributed by atoms with van der Waals surface area (Å²) in [6.45, 7) is 2.20. The van der Waals surface area contributed by atoms with E-state index in [0.717, 1.165) is 5.76 Å². The van der Waals surface area contributed by atoms with Crippen LogP contribution < -0.4 is 10.6 Å². The number of nitrogens with one attached hydrogen (secondary N) is 2. The fraction of sp³-hybridized carbons (Fsp3) is 0.571. The number of aliphatic carboxylic acids is 1. The quantitative estimate of drug-likeness (QED) is 0.787. The highest BCUT2D eigenvalue weighted by atomic mass is 16.4. The van der Waals surface area contributed by atoms with Gasteiger partial charge in [-0.3, -0.25) is 4.79 Å². The third kappa shape index (κ3) is 4.01. The highest BCUT2D eigenvalue weighted by molar-refractivity contribution is 5.74. The molecule has 0 radical (unpaired) electrons. The molecule has 20 heavy (non-hydrogen) atoms. The molecule has 6 nitrogen and oxygen atoms in total. The van der Waals surface area contributed by atoms with Crippen LogP contribution in [0.2, 0.25) is 0 Å². The lowest BCUT2D eigenvalue weighted by Gasteiger charge is -2.26. The zero-order valence-corrected chi connectivity index (χ0v) is 11.5. The average Bonchev–Trinajstić information content (AvgIpc) is 2.83. The average molecular weight is 280 g/mol. The summed E-state index contributed by atoms with van der Waals surface area (Å²) in [4.78, 5) is 22.6. The van der Waals surface area contributed by atoms with Crippen LogP contribution in [0.4, 0.5) is 4.79 Å². The minimum absolute atomic E-state index is 0.0592. The second kappa shape index (κ2) is 6.45. The first kappa shape index (κ1) is 14.4. The Labute approximate surface area is 117 Å². The first-order valence-electron chi connectivity index (χ1n) is 6.87. The molecule has 1 aliphatic carbocycles. The van der Waals surface area contributed by atoms with E-state index in [4.69, 9.17) is 9.52 Å². The van der Waals surface area contributed by atoms with Gasteiger partial charge in [0.1, 0.15) is 11.5 Å². The number of hydrogen-bond donors (Lipinski definition) is 3. The van der Waals surface area contributed by atoms with Crippen LogP contribution in [-0.2, 0) is 11.3 Å². The number of carboxylic acid groups (broad SMARTS) is 1. The summed E-state index contributed by atoms with van der Waals surface area (Å²) in [5.74, 6) is 0.532. The zero-order chi connectivity index (χ0) is 14.5. The van der Waals surface area contributed by atoms with Crippen molar-refractivity contribution in [3.8, 4) is 0 Å². The number of amides is 2. The molecule has 6 heteroatoms. The highest BCUT2D eigenvalue weighted by Crippen LogP contribution is 2.24. The third-order valence-electron chi connectivity index (χ3n) is 3.63. The Morgan fingerprint density at radius 2 is 2.00 bits per heavy atom. The fourth-order valence-corrected chi connectivity index (χ4v) is 2.47. The standard InChI is InChI=1S/C14H20N2O4/c1-9-2-7-12(20-9)8-15-14(19)16-11-5-3-10(4-6-11)13(17)18/h2,7,10-11H,3-6,8H2,1H3,(H,17,18)(H2,15,16,19). The van der Waals surface area contributed by atoms with Crippen molar-refractivity contribution in [2.75, 3.05) is 0 Å². The van der Waals surface area contributed by atoms with Crippen molar-refractivity contribution in [2.24, 2.45) is 5.92 Å². The summed E-state index contributed by atoms with van der Waals surface area (Å²) in [7, 11) is 0. The highest BCUT2D eigenvalue weighted by Gasteiger charge is 2.26. The van der Waals surface area contributed by atoms with Gasteiger partial charge in [0.05, 0.1) is 12.5 Å². The van der Waals surface area contributed by atoms with E-state index in [1.165, 1.54) is 0 Å². The predicted molar refractivity (Wildman–Crippen MR) is 72.2 cm³/mol. The SMILES string of the molecule is Cc1ccc(CNC(=O)NC2CCC(C(=O)O)CC2)o1. The monoisotopic (exact) mass is 280 g/mol. The molecule has 0 aliphatic heterocycles. The Bertz CT molecular complexity index is 475. The van der Waals surface area contributed by atoms with E-state index >= 15 is 0 Å². The number of carbonyl (C=O) groups is 2. The molecule has 0 unspecified atom stereocenters. The van der Waals surface area contributed by atoms with Gasteiger partial charge in [0.2, 0.25) is 0 Å². The van der Waals surface area contributed by atoms with E-state index in [0.29, 0.717) is 38.0 Å². The molecule has 1 aromatic heterocycles. The van der Waals surface area contributed by atoms with Gasteiger partial charge in [-0.2, -0.15) is 0 Å². The first-order valence-corrected chi connectivity index (χ1v) is 6.87. The number of carbonyl (C=O) groups excluding carboxylic acids is 1. The van der Waals surface area contributed by atoms with E-state index in [9.17, 15) is 9.59 Å². The summed E-state index contributed by atoms with van der Waals surface area (Å²) in [6.07, 6.45) is 2.67. The van der Waals surface area contributed by atoms with Gasteiger partial charge >= 0.3 is 12.0 Å². The minimum atomic E-state index is -0.735. The molecule has 1 aliphatic rings. The van der Waals surface area contributed by atoms with E-state index in [-0.39, 0.29) is 18.0 Å². The number of furan rings is 1. The Kier molecular flexibility index (Phi) is 4.65. The molecule has 2 amide bonds. The van der Waals surface area contributed by atoms with Crippen molar-refractivity contribution in [2.45, 2.75) is 45.2 Å². The Balaban J connectivity index is 1.69. The van der Waals surface area contributed by atoms with E-state index in [1.807, 2.05) is 19.1 Å². The summed E-state index contributed by atoms with van der Waals surface area (Å²) in [6, 6.07) is 3.50. The molecule has 0 saturated heterocycles. The van der Waals surface area contributed by atoms with E-state index < -0.39 is 5.97 Å². The van der Waals surface area contributed by atoms with Gasteiger partial charge in [0, 0.05) is 6.04 Å². The molecule has 1 fully saturated rings. The molecule has 2 rings (SSSR count).